The van der Waals surface area contributed by atoms with Gasteiger partial charge in [-0.25, -0.2) is 4.99 Å². The number of nitrogens with zero attached hydrogens (tertiary/aromatic N) is 1. The summed E-state index contributed by atoms with van der Waals surface area (Å²) in [5, 5.41) is 8.61. The Balaban J connectivity index is 1.79. The molecule has 0 saturated carbocycles. The van der Waals surface area contributed by atoms with Crippen molar-refractivity contribution in [2.75, 3.05) is 13.1 Å². The Bertz CT molecular complexity index is 477. The summed E-state index contributed by atoms with van der Waals surface area (Å²) >= 11 is 1.73. The second-order valence-electron chi connectivity index (χ2n) is 4.03. The van der Waals surface area contributed by atoms with Crippen molar-refractivity contribution in [2.45, 2.75) is 19.9 Å². The van der Waals surface area contributed by atoms with Crippen LogP contribution in [0.5, 0.6) is 0 Å². The van der Waals surface area contributed by atoms with Gasteiger partial charge in [0.2, 0.25) is 0 Å². The molecule has 0 fully saturated rings. The summed E-state index contributed by atoms with van der Waals surface area (Å²) in [4.78, 5) is 5.82. The molecule has 0 saturated heterocycles. The molecule has 2 rings (SSSR count). The van der Waals surface area contributed by atoms with E-state index in [-0.39, 0.29) is 0 Å². The summed E-state index contributed by atoms with van der Waals surface area (Å²) in [6.07, 6.45) is 2.56. The molecule has 0 amide bonds. The number of furan rings is 1. The summed E-state index contributed by atoms with van der Waals surface area (Å²) in [6.45, 7) is 4.45. The normalized spacial score (nSPS) is 11.5. The monoisotopic (exact) mass is 277 g/mol. The first-order chi connectivity index (χ1) is 9.38. The summed E-state index contributed by atoms with van der Waals surface area (Å²) in [6, 6.07) is 8.04. The Labute approximate surface area is 117 Å². The minimum atomic E-state index is 0.716. The number of hydrogen-bond acceptors (Lipinski definition) is 3. The zero-order valence-electron chi connectivity index (χ0n) is 11.1. The van der Waals surface area contributed by atoms with Crippen LogP contribution in [0.2, 0.25) is 0 Å². The van der Waals surface area contributed by atoms with Crippen LogP contribution in [0.4, 0.5) is 0 Å². The van der Waals surface area contributed by atoms with Crippen LogP contribution in [-0.2, 0) is 13.0 Å². The first kappa shape index (κ1) is 13.7. The van der Waals surface area contributed by atoms with E-state index in [0.29, 0.717) is 6.54 Å². The van der Waals surface area contributed by atoms with Gasteiger partial charge in [0.1, 0.15) is 5.76 Å². The first-order valence-electron chi connectivity index (χ1n) is 6.45. The van der Waals surface area contributed by atoms with Crippen LogP contribution < -0.4 is 10.6 Å². The Kier molecular flexibility index (Phi) is 5.49. The second-order valence-corrected chi connectivity index (χ2v) is 5.06. The van der Waals surface area contributed by atoms with Gasteiger partial charge in [-0.15, -0.1) is 11.3 Å². The maximum atomic E-state index is 5.30. The van der Waals surface area contributed by atoms with Gasteiger partial charge in [-0.05, 0) is 30.5 Å². The SMILES string of the molecule is CCNC(=NCc1cccs1)NCCc1ccco1. The highest BCUT2D eigenvalue weighted by Crippen LogP contribution is 2.09. The van der Waals surface area contributed by atoms with Crippen molar-refractivity contribution in [3.63, 3.8) is 0 Å². The topological polar surface area (TPSA) is 49.6 Å². The fraction of sp³-hybridized carbons (Fsp3) is 0.357. The number of hydrogen-bond donors (Lipinski definition) is 2. The number of aliphatic imine (C=N–C) groups is 1. The lowest BCUT2D eigenvalue weighted by molar-refractivity contribution is 0.507. The van der Waals surface area contributed by atoms with Gasteiger partial charge in [0.05, 0.1) is 12.8 Å². The van der Waals surface area contributed by atoms with Crippen LogP contribution in [0.1, 0.15) is 17.6 Å². The average Bonchev–Trinajstić information content (AvgIpc) is 3.09. The van der Waals surface area contributed by atoms with Crippen LogP contribution in [-0.4, -0.2) is 19.0 Å². The van der Waals surface area contributed by atoms with Crippen molar-refractivity contribution in [3.05, 3.63) is 46.5 Å². The van der Waals surface area contributed by atoms with Crippen LogP contribution in [0.15, 0.2) is 45.3 Å². The van der Waals surface area contributed by atoms with Gasteiger partial charge in [0, 0.05) is 24.4 Å². The van der Waals surface area contributed by atoms with Crippen LogP contribution in [0.25, 0.3) is 0 Å². The van der Waals surface area contributed by atoms with Gasteiger partial charge in [0.25, 0.3) is 0 Å². The third-order valence-electron chi connectivity index (χ3n) is 2.56. The Hall–Kier alpha value is -1.75. The Morgan fingerprint density at radius 2 is 2.26 bits per heavy atom. The third kappa shape index (κ3) is 4.79. The van der Waals surface area contributed by atoms with Crippen molar-refractivity contribution in [3.8, 4) is 0 Å². The molecule has 0 spiro atoms. The zero-order chi connectivity index (χ0) is 13.3. The van der Waals surface area contributed by atoms with Crippen molar-refractivity contribution >= 4 is 17.3 Å². The van der Waals surface area contributed by atoms with Gasteiger partial charge in [-0.1, -0.05) is 6.07 Å². The third-order valence-corrected chi connectivity index (χ3v) is 3.42. The van der Waals surface area contributed by atoms with Crippen molar-refractivity contribution in [1.82, 2.24) is 10.6 Å². The highest BCUT2D eigenvalue weighted by Gasteiger charge is 1.99. The second kappa shape index (κ2) is 7.63. The van der Waals surface area contributed by atoms with Gasteiger partial charge in [-0.3, -0.25) is 0 Å². The van der Waals surface area contributed by atoms with E-state index in [1.807, 2.05) is 18.2 Å². The lowest BCUT2D eigenvalue weighted by atomic mass is 10.3. The van der Waals surface area contributed by atoms with E-state index in [9.17, 15) is 0 Å². The molecule has 2 N–H and O–H groups in total. The van der Waals surface area contributed by atoms with Crippen molar-refractivity contribution in [2.24, 2.45) is 4.99 Å². The van der Waals surface area contributed by atoms with Gasteiger partial charge in [0.15, 0.2) is 5.96 Å². The van der Waals surface area contributed by atoms with E-state index in [1.165, 1.54) is 4.88 Å². The molecule has 0 aromatic carbocycles. The number of rotatable bonds is 6. The minimum Gasteiger partial charge on any atom is -0.469 e. The molecule has 0 atom stereocenters. The lowest BCUT2D eigenvalue weighted by Crippen LogP contribution is -2.38. The molecule has 0 bridgehead atoms. The molecular formula is C14H19N3OS. The van der Waals surface area contributed by atoms with E-state index in [4.69, 9.17) is 4.42 Å². The van der Waals surface area contributed by atoms with Gasteiger partial charge < -0.3 is 15.1 Å². The highest BCUT2D eigenvalue weighted by atomic mass is 32.1. The molecule has 0 unspecified atom stereocenters. The Morgan fingerprint density at radius 3 is 2.95 bits per heavy atom. The maximum absolute atomic E-state index is 5.30. The molecule has 2 aromatic rings. The van der Waals surface area contributed by atoms with Crippen molar-refractivity contribution < 1.29 is 4.42 Å². The molecule has 0 aliphatic carbocycles. The van der Waals surface area contributed by atoms with E-state index >= 15 is 0 Å². The molecule has 2 aromatic heterocycles. The fourth-order valence-electron chi connectivity index (χ4n) is 1.66. The smallest absolute Gasteiger partial charge is 0.191 e. The first-order valence-corrected chi connectivity index (χ1v) is 7.33. The van der Waals surface area contributed by atoms with Crippen LogP contribution in [0.3, 0.4) is 0 Å². The standard InChI is InChI=1S/C14H19N3OS/c1-2-15-14(17-11-13-6-4-10-19-13)16-8-7-12-5-3-9-18-12/h3-6,9-10H,2,7-8,11H2,1H3,(H2,15,16,17). The zero-order valence-corrected chi connectivity index (χ0v) is 11.9. The molecule has 2 heterocycles. The van der Waals surface area contributed by atoms with Gasteiger partial charge >= 0.3 is 0 Å². The average molecular weight is 277 g/mol. The number of guanidine groups is 1. The molecule has 4 nitrogen and oxygen atoms in total. The van der Waals surface area contributed by atoms with Crippen LogP contribution in [0, 0.1) is 0 Å². The quantitative estimate of drug-likeness (QED) is 0.630. The molecular weight excluding hydrogens is 258 g/mol. The minimum absolute atomic E-state index is 0.716. The van der Waals surface area contributed by atoms with Gasteiger partial charge in [-0.2, -0.15) is 0 Å². The molecule has 19 heavy (non-hydrogen) atoms. The van der Waals surface area contributed by atoms with Crippen molar-refractivity contribution in [1.29, 1.82) is 0 Å². The fourth-order valence-corrected chi connectivity index (χ4v) is 2.29. The highest BCUT2D eigenvalue weighted by molar-refractivity contribution is 7.09. The summed E-state index contributed by atoms with van der Waals surface area (Å²) in [7, 11) is 0. The van der Waals surface area contributed by atoms with E-state index in [0.717, 1.165) is 31.2 Å². The maximum Gasteiger partial charge on any atom is 0.191 e. The molecule has 0 aliphatic heterocycles. The van der Waals surface area contributed by atoms with E-state index < -0.39 is 0 Å². The molecule has 0 aliphatic rings. The van der Waals surface area contributed by atoms with Crippen LogP contribution >= 0.6 is 11.3 Å². The molecule has 5 heteroatoms. The molecule has 0 radical (unpaired) electrons. The number of thiophene rings is 1. The molecule has 102 valence electrons. The van der Waals surface area contributed by atoms with E-state index in [2.05, 4.69) is 34.0 Å². The Morgan fingerprint density at radius 1 is 1.32 bits per heavy atom. The summed E-state index contributed by atoms with van der Waals surface area (Å²) in [5.41, 5.74) is 0. The predicted molar refractivity (Wildman–Crippen MR) is 79.5 cm³/mol. The summed E-state index contributed by atoms with van der Waals surface area (Å²) < 4.78 is 5.30. The predicted octanol–water partition coefficient (Wildman–Crippen LogP) is 2.64. The summed E-state index contributed by atoms with van der Waals surface area (Å²) in [5.74, 6) is 1.84. The number of nitrogens with one attached hydrogen (secondary N) is 2. The van der Waals surface area contributed by atoms with E-state index in [1.54, 1.807) is 17.6 Å². The largest absolute Gasteiger partial charge is 0.469 e. The lowest BCUT2D eigenvalue weighted by Gasteiger charge is -2.10.